The molecule has 0 aromatic carbocycles. The lowest BCUT2D eigenvalue weighted by Crippen LogP contribution is -2.37. The molecule has 0 fully saturated rings. The van der Waals surface area contributed by atoms with Crippen LogP contribution >= 0.6 is 7.82 Å². The highest BCUT2D eigenvalue weighted by Crippen LogP contribution is 2.38. The number of likely N-dealkylation sites (N-methyl/N-ethyl adjacent to an activating group) is 1. The highest BCUT2D eigenvalue weighted by Gasteiger charge is 2.22. The number of quaternary nitrogens is 1. The summed E-state index contributed by atoms with van der Waals surface area (Å²) >= 11 is 0. The van der Waals surface area contributed by atoms with Crippen LogP contribution in [-0.4, -0.2) is 70.0 Å². The predicted octanol–water partition coefficient (Wildman–Crippen LogP) is 23.5. The molecule has 0 amide bonds. The van der Waals surface area contributed by atoms with Crippen molar-refractivity contribution in [3.63, 3.8) is 0 Å². The van der Waals surface area contributed by atoms with Gasteiger partial charge in [-0.3, -0.25) is 14.2 Å². The molecule has 86 heavy (non-hydrogen) atoms. The molecule has 0 aliphatic heterocycles. The van der Waals surface area contributed by atoms with Crippen LogP contribution in [-0.2, 0) is 32.7 Å². The van der Waals surface area contributed by atoms with Crippen LogP contribution in [0.2, 0.25) is 0 Å². The summed E-state index contributed by atoms with van der Waals surface area (Å²) < 4.78 is 34.3. The van der Waals surface area contributed by atoms with E-state index in [1.165, 1.54) is 263 Å². The van der Waals surface area contributed by atoms with Gasteiger partial charge in [0.05, 0.1) is 27.7 Å². The third-order valence-corrected chi connectivity index (χ3v) is 17.5. The van der Waals surface area contributed by atoms with E-state index in [1.54, 1.807) is 0 Å². The van der Waals surface area contributed by atoms with Crippen molar-refractivity contribution in [1.29, 1.82) is 0 Å². The standard InChI is InChI=1S/C76H142NO8P/c1-6-8-10-12-14-16-18-20-22-24-26-28-30-31-32-33-34-35-36-37-38-39-40-41-42-43-44-45-47-48-50-52-54-56-58-60-62-64-66-68-75(78)82-72-74(73-84-86(80,81)83-71-70-77(3,4)5)85-76(79)69-67-65-63-61-59-57-55-53-51-49-46-29-27-25-23-21-19-17-15-13-11-9-7-2/h18-21,24-27,46,49,74H,6-17,22-23,28-45,47-48,50-73H2,1-5H3/b20-18-,21-19-,26-24-,27-25-,49-46-. The van der Waals surface area contributed by atoms with Crippen LogP contribution in [0.1, 0.15) is 361 Å². The van der Waals surface area contributed by atoms with Gasteiger partial charge in [-0.1, -0.05) is 325 Å². The second kappa shape index (κ2) is 67.1. The molecule has 0 rings (SSSR count). The first-order valence-corrected chi connectivity index (χ1v) is 38.5. The Balaban J connectivity index is 3.92. The number of hydrogen-bond acceptors (Lipinski definition) is 8. The molecule has 2 atom stereocenters. The number of phosphoric acid groups is 1. The van der Waals surface area contributed by atoms with E-state index in [0.717, 1.165) is 64.2 Å². The van der Waals surface area contributed by atoms with Crippen LogP contribution in [0.4, 0.5) is 0 Å². The fourth-order valence-electron chi connectivity index (χ4n) is 10.8. The third-order valence-electron chi connectivity index (χ3n) is 16.5. The summed E-state index contributed by atoms with van der Waals surface area (Å²) in [6.45, 7) is 4.26. The van der Waals surface area contributed by atoms with Gasteiger partial charge >= 0.3 is 11.9 Å². The van der Waals surface area contributed by atoms with Crippen LogP contribution < -0.4 is 4.89 Å². The molecule has 0 bridgehead atoms. The van der Waals surface area contributed by atoms with Gasteiger partial charge < -0.3 is 27.9 Å². The van der Waals surface area contributed by atoms with E-state index in [1.807, 2.05) is 21.1 Å². The van der Waals surface area contributed by atoms with Crippen molar-refractivity contribution in [2.75, 3.05) is 47.5 Å². The number of carbonyl (C=O) groups excluding carboxylic acids is 2. The number of allylic oxidation sites excluding steroid dienone is 10. The highest BCUT2D eigenvalue weighted by atomic mass is 31.2. The third kappa shape index (κ3) is 70.8. The van der Waals surface area contributed by atoms with Gasteiger partial charge in [-0.2, -0.15) is 0 Å². The molecule has 0 heterocycles. The fraction of sp³-hybridized carbons (Fsp3) is 0.842. The van der Waals surface area contributed by atoms with Gasteiger partial charge in [0.25, 0.3) is 7.82 Å². The van der Waals surface area contributed by atoms with Gasteiger partial charge in [-0.25, -0.2) is 0 Å². The van der Waals surface area contributed by atoms with Gasteiger partial charge in [0, 0.05) is 12.8 Å². The Morgan fingerprint density at radius 2 is 0.628 bits per heavy atom. The summed E-state index contributed by atoms with van der Waals surface area (Å²) in [6, 6.07) is 0. The Hall–Kier alpha value is -2.29. The van der Waals surface area contributed by atoms with Crippen LogP contribution in [0.25, 0.3) is 0 Å². The summed E-state index contributed by atoms with van der Waals surface area (Å²) in [6.07, 6.45) is 89.0. The van der Waals surface area contributed by atoms with Crippen LogP contribution in [0, 0.1) is 0 Å². The molecule has 0 aliphatic carbocycles. The molecular weight excluding hydrogens is 1090 g/mol. The van der Waals surface area contributed by atoms with E-state index in [0.29, 0.717) is 17.4 Å². The van der Waals surface area contributed by atoms with E-state index in [2.05, 4.69) is 74.6 Å². The van der Waals surface area contributed by atoms with Crippen LogP contribution in [0.5, 0.6) is 0 Å². The molecule has 504 valence electrons. The predicted molar refractivity (Wildman–Crippen MR) is 370 cm³/mol. The average molecular weight is 1230 g/mol. The maximum absolute atomic E-state index is 12.9. The topological polar surface area (TPSA) is 111 Å². The van der Waals surface area contributed by atoms with Crippen molar-refractivity contribution in [3.8, 4) is 0 Å². The number of unbranched alkanes of at least 4 members (excludes halogenated alkanes) is 45. The van der Waals surface area contributed by atoms with E-state index in [9.17, 15) is 19.0 Å². The van der Waals surface area contributed by atoms with Gasteiger partial charge in [-0.05, 0) is 83.5 Å². The number of hydrogen-bond donors (Lipinski definition) is 0. The Labute approximate surface area is 534 Å². The molecule has 0 radical (unpaired) electrons. The van der Waals surface area contributed by atoms with Gasteiger partial charge in [0.15, 0.2) is 6.10 Å². The first-order valence-electron chi connectivity index (χ1n) is 37.0. The lowest BCUT2D eigenvalue weighted by atomic mass is 10.0. The zero-order chi connectivity index (χ0) is 62.6. The van der Waals surface area contributed by atoms with Crippen LogP contribution in [0.15, 0.2) is 60.8 Å². The van der Waals surface area contributed by atoms with E-state index < -0.39 is 26.5 Å². The Bertz CT molecular complexity index is 1630. The summed E-state index contributed by atoms with van der Waals surface area (Å²) in [5.74, 6) is -0.826. The average Bonchev–Trinajstić information content (AvgIpc) is 3.56. The van der Waals surface area contributed by atoms with Gasteiger partial charge in [0.1, 0.15) is 19.8 Å². The Kier molecular flexibility index (Phi) is 65.3. The summed E-state index contributed by atoms with van der Waals surface area (Å²) in [4.78, 5) is 38.1. The molecule has 0 aliphatic rings. The van der Waals surface area contributed by atoms with Crippen molar-refractivity contribution >= 4 is 19.8 Å². The fourth-order valence-corrected chi connectivity index (χ4v) is 11.5. The quantitative estimate of drug-likeness (QED) is 0.0195. The number of phosphoric ester groups is 1. The lowest BCUT2D eigenvalue weighted by Gasteiger charge is -2.28. The number of esters is 2. The van der Waals surface area contributed by atoms with Gasteiger partial charge in [-0.15, -0.1) is 0 Å². The summed E-state index contributed by atoms with van der Waals surface area (Å²) in [5, 5.41) is 0. The molecule has 9 nitrogen and oxygen atoms in total. The molecule has 0 saturated carbocycles. The van der Waals surface area contributed by atoms with Crippen LogP contribution in [0.3, 0.4) is 0 Å². The maximum atomic E-state index is 12.9. The maximum Gasteiger partial charge on any atom is 0.306 e. The van der Waals surface area contributed by atoms with Gasteiger partial charge in [0.2, 0.25) is 0 Å². The minimum atomic E-state index is -4.64. The SMILES string of the molecule is CCCCCCC/C=C\C/C=C\C/C=C\CCCCCCCCCCC(=O)OC(COC(=O)CCCCCCCCCCCCCCCCCCCCCCCCCCCCC/C=C\C/C=C\CCCCCCC)COP(=O)([O-])OCC[N+](C)(C)C. The summed E-state index contributed by atoms with van der Waals surface area (Å²) in [7, 11) is 1.17. The monoisotopic (exact) mass is 1230 g/mol. The van der Waals surface area contributed by atoms with Crippen molar-refractivity contribution < 1.29 is 42.1 Å². The zero-order valence-corrected chi connectivity index (χ0v) is 58.4. The van der Waals surface area contributed by atoms with Crippen molar-refractivity contribution in [3.05, 3.63) is 60.8 Å². The van der Waals surface area contributed by atoms with Crippen molar-refractivity contribution in [2.45, 2.75) is 367 Å². The molecule has 2 unspecified atom stereocenters. The molecule has 0 spiro atoms. The first kappa shape index (κ1) is 83.7. The number of nitrogens with zero attached hydrogens (tertiary/aromatic N) is 1. The zero-order valence-electron chi connectivity index (χ0n) is 57.5. The number of rotatable bonds is 69. The van der Waals surface area contributed by atoms with Crippen molar-refractivity contribution in [2.24, 2.45) is 0 Å². The van der Waals surface area contributed by atoms with E-state index in [-0.39, 0.29) is 32.0 Å². The lowest BCUT2D eigenvalue weighted by molar-refractivity contribution is -0.870. The molecule has 0 aromatic rings. The van der Waals surface area contributed by atoms with E-state index >= 15 is 0 Å². The Morgan fingerprint density at radius 1 is 0.360 bits per heavy atom. The second-order valence-electron chi connectivity index (χ2n) is 26.3. The molecule has 0 aromatic heterocycles. The minimum Gasteiger partial charge on any atom is -0.756 e. The molecule has 10 heteroatoms. The largest absolute Gasteiger partial charge is 0.756 e. The normalized spacial score (nSPS) is 13.4. The molecule has 0 N–H and O–H groups in total. The highest BCUT2D eigenvalue weighted by molar-refractivity contribution is 7.45. The number of ether oxygens (including phenoxy) is 2. The number of carbonyl (C=O) groups is 2. The Morgan fingerprint density at radius 3 is 0.930 bits per heavy atom. The minimum absolute atomic E-state index is 0.0321. The smallest absolute Gasteiger partial charge is 0.306 e. The molecule has 0 saturated heterocycles. The van der Waals surface area contributed by atoms with Crippen molar-refractivity contribution in [1.82, 2.24) is 0 Å². The molecular formula is C76H142NO8P. The summed E-state index contributed by atoms with van der Waals surface area (Å²) in [5.41, 5.74) is 0. The van der Waals surface area contributed by atoms with E-state index in [4.69, 9.17) is 18.5 Å². The second-order valence-corrected chi connectivity index (χ2v) is 27.7. The first-order chi connectivity index (χ1) is 42.0.